The summed E-state index contributed by atoms with van der Waals surface area (Å²) >= 11 is 0. The van der Waals surface area contributed by atoms with Gasteiger partial charge in [0.1, 0.15) is 0 Å². The van der Waals surface area contributed by atoms with Crippen LogP contribution in [0.1, 0.15) is 33.1 Å². The fourth-order valence-corrected chi connectivity index (χ4v) is 0.941. The first-order valence-corrected chi connectivity index (χ1v) is 4.62. The van der Waals surface area contributed by atoms with Crippen LogP contribution in [-0.4, -0.2) is 25.1 Å². The summed E-state index contributed by atoms with van der Waals surface area (Å²) in [7, 11) is 3.09. The SMILES string of the molecule is CCCCC=C(C)C(=O)N(C)OC. The number of allylic oxidation sites excluding steroid dienone is 1. The molecule has 0 bridgehead atoms. The third-order valence-electron chi connectivity index (χ3n) is 1.91. The Morgan fingerprint density at radius 2 is 2.15 bits per heavy atom. The molecule has 0 aliphatic heterocycles. The Hall–Kier alpha value is -0.830. The highest BCUT2D eigenvalue weighted by molar-refractivity contribution is 5.91. The van der Waals surface area contributed by atoms with Crippen LogP contribution in [0.15, 0.2) is 11.6 Å². The Morgan fingerprint density at radius 3 is 2.62 bits per heavy atom. The molecule has 3 heteroatoms. The van der Waals surface area contributed by atoms with Gasteiger partial charge < -0.3 is 0 Å². The van der Waals surface area contributed by atoms with Crippen LogP contribution in [0.3, 0.4) is 0 Å². The van der Waals surface area contributed by atoms with E-state index in [-0.39, 0.29) is 5.91 Å². The Labute approximate surface area is 80.3 Å². The van der Waals surface area contributed by atoms with Crippen molar-refractivity contribution in [3.8, 4) is 0 Å². The molecule has 0 atom stereocenters. The third kappa shape index (κ3) is 4.68. The highest BCUT2D eigenvalue weighted by atomic mass is 16.7. The van der Waals surface area contributed by atoms with E-state index in [1.54, 1.807) is 7.05 Å². The smallest absolute Gasteiger partial charge is 0.272 e. The van der Waals surface area contributed by atoms with Crippen LogP contribution >= 0.6 is 0 Å². The lowest BCUT2D eigenvalue weighted by Crippen LogP contribution is -2.25. The van der Waals surface area contributed by atoms with Gasteiger partial charge in [0, 0.05) is 12.6 Å². The van der Waals surface area contributed by atoms with Crippen molar-refractivity contribution in [3.63, 3.8) is 0 Å². The highest BCUT2D eigenvalue weighted by Crippen LogP contribution is 2.03. The highest BCUT2D eigenvalue weighted by Gasteiger charge is 2.08. The zero-order valence-corrected chi connectivity index (χ0v) is 8.96. The van der Waals surface area contributed by atoms with Crippen molar-refractivity contribution in [1.29, 1.82) is 0 Å². The molecule has 0 saturated heterocycles. The lowest BCUT2D eigenvalue weighted by Gasteiger charge is -2.13. The van der Waals surface area contributed by atoms with Gasteiger partial charge in [0.25, 0.3) is 5.91 Å². The minimum absolute atomic E-state index is 0.0707. The van der Waals surface area contributed by atoms with E-state index in [2.05, 4.69) is 6.92 Å². The van der Waals surface area contributed by atoms with Crippen molar-refractivity contribution in [2.45, 2.75) is 33.1 Å². The summed E-state index contributed by atoms with van der Waals surface area (Å²) in [5, 5.41) is 1.23. The van der Waals surface area contributed by atoms with E-state index in [4.69, 9.17) is 4.84 Å². The maximum atomic E-state index is 11.4. The number of amides is 1. The van der Waals surface area contributed by atoms with Gasteiger partial charge in [-0.2, -0.15) is 0 Å². The van der Waals surface area contributed by atoms with Crippen molar-refractivity contribution < 1.29 is 9.63 Å². The van der Waals surface area contributed by atoms with Crippen molar-refractivity contribution in [2.75, 3.05) is 14.2 Å². The molecule has 0 aliphatic carbocycles. The van der Waals surface area contributed by atoms with E-state index in [0.717, 1.165) is 24.8 Å². The molecule has 0 radical (unpaired) electrons. The Balaban J connectivity index is 4.00. The average molecular weight is 185 g/mol. The topological polar surface area (TPSA) is 29.5 Å². The van der Waals surface area contributed by atoms with Gasteiger partial charge in [0.2, 0.25) is 0 Å². The summed E-state index contributed by atoms with van der Waals surface area (Å²) < 4.78 is 0. The number of likely N-dealkylation sites (N-methyl/N-ethyl adjacent to an activating group) is 1. The first-order valence-electron chi connectivity index (χ1n) is 4.62. The minimum Gasteiger partial charge on any atom is -0.274 e. The van der Waals surface area contributed by atoms with Crippen molar-refractivity contribution in [1.82, 2.24) is 5.06 Å². The van der Waals surface area contributed by atoms with Gasteiger partial charge in [0.15, 0.2) is 0 Å². The molecule has 0 aromatic heterocycles. The molecular weight excluding hydrogens is 166 g/mol. The van der Waals surface area contributed by atoms with Gasteiger partial charge in [-0.1, -0.05) is 25.8 Å². The molecule has 0 aromatic carbocycles. The van der Waals surface area contributed by atoms with Gasteiger partial charge in [-0.15, -0.1) is 0 Å². The number of hydrogen-bond donors (Lipinski definition) is 0. The Morgan fingerprint density at radius 1 is 1.54 bits per heavy atom. The monoisotopic (exact) mass is 185 g/mol. The van der Waals surface area contributed by atoms with Crippen LogP contribution in [0.5, 0.6) is 0 Å². The molecule has 13 heavy (non-hydrogen) atoms. The van der Waals surface area contributed by atoms with E-state index in [9.17, 15) is 4.79 Å². The van der Waals surface area contributed by atoms with Gasteiger partial charge in [-0.3, -0.25) is 9.63 Å². The van der Waals surface area contributed by atoms with Gasteiger partial charge in [0.05, 0.1) is 7.11 Å². The van der Waals surface area contributed by atoms with Crippen LogP contribution < -0.4 is 0 Å². The normalized spacial score (nSPS) is 11.5. The summed E-state index contributed by atoms with van der Waals surface area (Å²) in [6, 6.07) is 0. The molecule has 0 heterocycles. The van der Waals surface area contributed by atoms with Crippen molar-refractivity contribution in [3.05, 3.63) is 11.6 Å². The maximum absolute atomic E-state index is 11.4. The van der Waals surface area contributed by atoms with Crippen LogP contribution in [0, 0.1) is 0 Å². The van der Waals surface area contributed by atoms with Gasteiger partial charge >= 0.3 is 0 Å². The van der Waals surface area contributed by atoms with E-state index in [1.165, 1.54) is 12.2 Å². The first kappa shape index (κ1) is 12.2. The van der Waals surface area contributed by atoms with Crippen molar-refractivity contribution >= 4 is 5.91 Å². The van der Waals surface area contributed by atoms with Gasteiger partial charge in [-0.25, -0.2) is 5.06 Å². The molecule has 3 nitrogen and oxygen atoms in total. The van der Waals surface area contributed by atoms with Crippen LogP contribution in [0.25, 0.3) is 0 Å². The number of rotatable bonds is 5. The maximum Gasteiger partial charge on any atom is 0.272 e. The Bertz CT molecular complexity index is 187. The van der Waals surface area contributed by atoms with Gasteiger partial charge in [-0.05, 0) is 13.3 Å². The van der Waals surface area contributed by atoms with Crippen LogP contribution in [0.4, 0.5) is 0 Å². The second-order valence-corrected chi connectivity index (χ2v) is 3.01. The molecular formula is C10H19NO2. The van der Waals surface area contributed by atoms with Crippen molar-refractivity contribution in [2.24, 2.45) is 0 Å². The number of hydrogen-bond acceptors (Lipinski definition) is 2. The number of unbranched alkanes of at least 4 members (excludes halogenated alkanes) is 2. The standard InChI is InChI=1S/C10H19NO2/c1-5-6-7-8-9(2)10(12)11(3)13-4/h8H,5-7H2,1-4H3. The number of nitrogens with zero attached hydrogens (tertiary/aromatic N) is 1. The summed E-state index contributed by atoms with van der Waals surface area (Å²) in [6.07, 6.45) is 5.20. The molecule has 0 rings (SSSR count). The second kappa shape index (κ2) is 6.66. The zero-order valence-electron chi connectivity index (χ0n) is 8.96. The van der Waals surface area contributed by atoms with E-state index in [1.807, 2.05) is 13.0 Å². The minimum atomic E-state index is -0.0707. The lowest BCUT2D eigenvalue weighted by atomic mass is 10.2. The second-order valence-electron chi connectivity index (χ2n) is 3.01. The molecule has 0 saturated carbocycles. The predicted molar refractivity (Wildman–Crippen MR) is 53.1 cm³/mol. The predicted octanol–water partition coefficient (Wildman–Crippen LogP) is 2.14. The summed E-state index contributed by atoms with van der Waals surface area (Å²) in [4.78, 5) is 16.2. The molecule has 0 fully saturated rings. The number of carbonyl (C=O) groups excluding carboxylic acids is 1. The third-order valence-corrected chi connectivity index (χ3v) is 1.91. The van der Waals surface area contributed by atoms with Crippen LogP contribution in [-0.2, 0) is 9.63 Å². The summed E-state index contributed by atoms with van der Waals surface area (Å²) in [5.74, 6) is -0.0707. The van der Waals surface area contributed by atoms with E-state index < -0.39 is 0 Å². The van der Waals surface area contributed by atoms with E-state index in [0.29, 0.717) is 0 Å². The zero-order chi connectivity index (χ0) is 10.3. The van der Waals surface area contributed by atoms with Crippen LogP contribution in [0.2, 0.25) is 0 Å². The number of hydroxylamine groups is 2. The lowest BCUT2D eigenvalue weighted by molar-refractivity contribution is -0.163. The summed E-state index contributed by atoms with van der Waals surface area (Å²) in [5.41, 5.74) is 0.748. The molecule has 0 unspecified atom stereocenters. The largest absolute Gasteiger partial charge is 0.274 e. The molecule has 0 aromatic rings. The quantitative estimate of drug-likeness (QED) is 0.373. The molecule has 0 spiro atoms. The fourth-order valence-electron chi connectivity index (χ4n) is 0.941. The Kier molecular flexibility index (Phi) is 6.24. The average Bonchev–Trinajstić information content (AvgIpc) is 2.15. The molecule has 76 valence electrons. The summed E-state index contributed by atoms with van der Waals surface area (Å²) in [6.45, 7) is 3.94. The molecule has 0 N–H and O–H groups in total. The molecule has 1 amide bonds. The number of carbonyl (C=O) groups is 1. The molecule has 0 aliphatic rings. The first-order chi connectivity index (χ1) is 6.13. The fraction of sp³-hybridized carbons (Fsp3) is 0.700. The van der Waals surface area contributed by atoms with E-state index >= 15 is 0 Å².